The van der Waals surface area contributed by atoms with Crippen molar-refractivity contribution in [3.63, 3.8) is 0 Å². The lowest BCUT2D eigenvalue weighted by molar-refractivity contribution is -0.136. The van der Waals surface area contributed by atoms with E-state index in [0.717, 1.165) is 10.9 Å². The Hall–Kier alpha value is -2.34. The van der Waals surface area contributed by atoms with E-state index in [-0.39, 0.29) is 6.54 Å². The van der Waals surface area contributed by atoms with Crippen LogP contribution < -0.4 is 10.6 Å². The molecule has 0 fully saturated rings. The molecule has 22 heavy (non-hydrogen) atoms. The van der Waals surface area contributed by atoms with Gasteiger partial charge in [0.1, 0.15) is 0 Å². The molecule has 1 aromatic heterocycles. The molecule has 0 saturated heterocycles. The number of fused-ring (bicyclic) bond motifs is 1. The number of rotatable bonds is 5. The number of benzene rings is 1. The van der Waals surface area contributed by atoms with Gasteiger partial charge in [-0.25, -0.2) is 0 Å². The second kappa shape index (κ2) is 7.09. The van der Waals surface area contributed by atoms with E-state index in [2.05, 4.69) is 10.6 Å². The molecule has 3 N–H and O–H groups in total. The van der Waals surface area contributed by atoms with E-state index in [4.69, 9.17) is 0 Å². The van der Waals surface area contributed by atoms with Gasteiger partial charge in [0.15, 0.2) is 0 Å². The average molecular weight is 303 g/mol. The van der Waals surface area contributed by atoms with Gasteiger partial charge < -0.3 is 20.3 Å². The molecule has 0 spiro atoms. The predicted molar refractivity (Wildman–Crippen MR) is 85.5 cm³/mol. The lowest BCUT2D eigenvalue weighted by atomic mass is 10.2. The molecule has 1 heterocycles. The molecule has 2 amide bonds. The first kappa shape index (κ1) is 16.0. The highest BCUT2D eigenvalue weighted by atomic mass is 16.3. The smallest absolute Gasteiger partial charge is 0.313 e. The maximum absolute atomic E-state index is 11.8. The van der Waals surface area contributed by atoms with Crippen LogP contribution in [-0.4, -0.2) is 34.1 Å². The fourth-order valence-electron chi connectivity index (χ4n) is 2.16. The van der Waals surface area contributed by atoms with Crippen molar-refractivity contribution >= 4 is 28.4 Å². The van der Waals surface area contributed by atoms with Crippen LogP contribution in [0.25, 0.3) is 10.9 Å². The van der Waals surface area contributed by atoms with Crippen molar-refractivity contribution < 1.29 is 14.7 Å². The average Bonchev–Trinajstić information content (AvgIpc) is 2.88. The van der Waals surface area contributed by atoms with Crippen LogP contribution in [0.1, 0.15) is 19.8 Å². The third-order valence-corrected chi connectivity index (χ3v) is 3.59. The Morgan fingerprint density at radius 2 is 2.05 bits per heavy atom. The summed E-state index contributed by atoms with van der Waals surface area (Å²) in [7, 11) is 1.92. The van der Waals surface area contributed by atoms with E-state index < -0.39 is 17.9 Å². The number of nitrogens with zero attached hydrogens (tertiary/aromatic N) is 1. The van der Waals surface area contributed by atoms with Crippen molar-refractivity contribution in [2.45, 2.75) is 25.9 Å². The Kier molecular flexibility index (Phi) is 5.16. The number of nitrogens with one attached hydrogen (secondary N) is 2. The highest BCUT2D eigenvalue weighted by Crippen LogP contribution is 2.19. The van der Waals surface area contributed by atoms with Gasteiger partial charge in [0.2, 0.25) is 0 Å². The Morgan fingerprint density at radius 1 is 1.27 bits per heavy atom. The minimum atomic E-state index is -0.709. The van der Waals surface area contributed by atoms with Crippen LogP contribution in [0.3, 0.4) is 0 Å². The highest BCUT2D eigenvalue weighted by Gasteiger charge is 2.14. The number of aliphatic hydroxyl groups is 1. The zero-order valence-electron chi connectivity index (χ0n) is 12.8. The topological polar surface area (TPSA) is 83.4 Å². The van der Waals surface area contributed by atoms with Gasteiger partial charge >= 0.3 is 11.8 Å². The van der Waals surface area contributed by atoms with E-state index in [1.807, 2.05) is 42.9 Å². The first-order valence-corrected chi connectivity index (χ1v) is 7.33. The monoisotopic (exact) mass is 303 g/mol. The molecular weight excluding hydrogens is 282 g/mol. The second-order valence-electron chi connectivity index (χ2n) is 5.26. The van der Waals surface area contributed by atoms with Crippen molar-refractivity contribution in [3.8, 4) is 0 Å². The van der Waals surface area contributed by atoms with Gasteiger partial charge in [-0.2, -0.15) is 0 Å². The Morgan fingerprint density at radius 3 is 2.77 bits per heavy atom. The molecule has 1 aromatic carbocycles. The summed E-state index contributed by atoms with van der Waals surface area (Å²) in [5, 5.41) is 15.5. The van der Waals surface area contributed by atoms with Crippen LogP contribution in [0.2, 0.25) is 0 Å². The van der Waals surface area contributed by atoms with Crippen molar-refractivity contribution in [2.75, 3.05) is 11.9 Å². The first-order chi connectivity index (χ1) is 10.5. The number of hydrogen-bond acceptors (Lipinski definition) is 3. The summed E-state index contributed by atoms with van der Waals surface area (Å²) >= 11 is 0. The standard InChI is InChI=1S/C16H21N3O3/c1-3-13(20)6-8-17-15(21)16(22)18-12-5-4-11-7-9-19(2)14(11)10-12/h4-5,7,9-10,13,20H,3,6,8H2,1-2H3,(H,17,21)(H,18,22). The van der Waals surface area contributed by atoms with Gasteiger partial charge in [-0.15, -0.1) is 0 Å². The highest BCUT2D eigenvalue weighted by molar-refractivity contribution is 6.39. The Balaban J connectivity index is 1.92. The number of aryl methyl sites for hydroxylation is 1. The number of anilines is 1. The molecule has 0 aliphatic rings. The third-order valence-electron chi connectivity index (χ3n) is 3.59. The van der Waals surface area contributed by atoms with Gasteiger partial charge in [0.25, 0.3) is 0 Å². The van der Waals surface area contributed by atoms with Crippen LogP contribution in [-0.2, 0) is 16.6 Å². The summed E-state index contributed by atoms with van der Waals surface area (Å²) in [5.41, 5.74) is 1.55. The lowest BCUT2D eigenvalue weighted by Crippen LogP contribution is -2.36. The van der Waals surface area contributed by atoms with Crippen molar-refractivity contribution in [3.05, 3.63) is 30.5 Å². The summed E-state index contributed by atoms with van der Waals surface area (Å²) in [6.45, 7) is 2.14. The second-order valence-corrected chi connectivity index (χ2v) is 5.26. The molecule has 6 nitrogen and oxygen atoms in total. The van der Waals surface area contributed by atoms with Gasteiger partial charge in [0.05, 0.1) is 6.10 Å². The number of aliphatic hydroxyl groups excluding tert-OH is 1. The van der Waals surface area contributed by atoms with E-state index in [0.29, 0.717) is 18.5 Å². The molecule has 2 rings (SSSR count). The molecule has 1 unspecified atom stereocenters. The summed E-state index contributed by atoms with van der Waals surface area (Å²) in [6.07, 6.45) is 2.54. The maximum Gasteiger partial charge on any atom is 0.313 e. The van der Waals surface area contributed by atoms with Crippen LogP contribution in [0.5, 0.6) is 0 Å². The Bertz CT molecular complexity index is 678. The first-order valence-electron chi connectivity index (χ1n) is 7.33. The van der Waals surface area contributed by atoms with Crippen molar-refractivity contribution in [1.82, 2.24) is 9.88 Å². The fraction of sp³-hybridized carbons (Fsp3) is 0.375. The molecule has 6 heteroatoms. The summed E-state index contributed by atoms with van der Waals surface area (Å²) < 4.78 is 1.94. The predicted octanol–water partition coefficient (Wildman–Crippen LogP) is 1.39. The Labute approximate surface area is 129 Å². The van der Waals surface area contributed by atoms with Crippen molar-refractivity contribution in [2.24, 2.45) is 7.05 Å². The molecule has 118 valence electrons. The number of aromatic nitrogens is 1. The van der Waals surface area contributed by atoms with E-state index in [9.17, 15) is 14.7 Å². The number of hydrogen-bond donors (Lipinski definition) is 3. The number of amides is 2. The quantitative estimate of drug-likeness (QED) is 0.730. The van der Waals surface area contributed by atoms with E-state index in [1.165, 1.54) is 0 Å². The molecule has 0 bridgehead atoms. The minimum Gasteiger partial charge on any atom is -0.393 e. The van der Waals surface area contributed by atoms with Crippen LogP contribution >= 0.6 is 0 Å². The number of carbonyl (C=O) groups excluding carboxylic acids is 2. The fourth-order valence-corrected chi connectivity index (χ4v) is 2.16. The molecule has 0 radical (unpaired) electrons. The van der Waals surface area contributed by atoms with Crippen LogP contribution in [0.4, 0.5) is 5.69 Å². The molecule has 0 saturated carbocycles. The van der Waals surface area contributed by atoms with Gasteiger partial charge in [-0.1, -0.05) is 13.0 Å². The number of carbonyl (C=O) groups is 2. The zero-order valence-corrected chi connectivity index (χ0v) is 12.8. The third kappa shape index (κ3) is 3.85. The molecular formula is C16H21N3O3. The minimum absolute atomic E-state index is 0.276. The maximum atomic E-state index is 11.8. The molecule has 1 atom stereocenters. The molecule has 2 aromatic rings. The summed E-state index contributed by atoms with van der Waals surface area (Å²) in [4.78, 5) is 23.5. The zero-order chi connectivity index (χ0) is 16.1. The molecule has 0 aliphatic carbocycles. The van der Waals surface area contributed by atoms with Crippen molar-refractivity contribution in [1.29, 1.82) is 0 Å². The van der Waals surface area contributed by atoms with E-state index in [1.54, 1.807) is 6.07 Å². The van der Waals surface area contributed by atoms with E-state index >= 15 is 0 Å². The largest absolute Gasteiger partial charge is 0.393 e. The van der Waals surface area contributed by atoms with Crippen LogP contribution in [0, 0.1) is 0 Å². The SMILES string of the molecule is CCC(O)CCNC(=O)C(=O)Nc1ccc2ccn(C)c2c1. The van der Waals surface area contributed by atoms with Crippen LogP contribution in [0.15, 0.2) is 30.5 Å². The summed E-state index contributed by atoms with van der Waals surface area (Å²) in [6, 6.07) is 7.45. The van der Waals surface area contributed by atoms with Gasteiger partial charge in [0, 0.05) is 31.0 Å². The van der Waals surface area contributed by atoms with Gasteiger partial charge in [-0.05, 0) is 36.4 Å². The molecule has 0 aliphatic heterocycles. The summed E-state index contributed by atoms with van der Waals surface area (Å²) in [5.74, 6) is -1.41. The normalized spacial score (nSPS) is 12.1. The van der Waals surface area contributed by atoms with Gasteiger partial charge in [-0.3, -0.25) is 9.59 Å². The lowest BCUT2D eigenvalue weighted by Gasteiger charge is -2.09.